The maximum Gasteiger partial charge on any atom is 0.573 e. The summed E-state index contributed by atoms with van der Waals surface area (Å²) in [6.45, 7) is 1.98. The van der Waals surface area contributed by atoms with Crippen LogP contribution in [-0.2, 0) is 25.7 Å². The third-order valence-corrected chi connectivity index (χ3v) is 6.15. The van der Waals surface area contributed by atoms with E-state index in [1.807, 2.05) is 0 Å². The van der Waals surface area contributed by atoms with E-state index in [4.69, 9.17) is 4.74 Å². The van der Waals surface area contributed by atoms with Gasteiger partial charge in [0.15, 0.2) is 11.6 Å². The molecule has 0 aromatic heterocycles. The predicted octanol–water partition coefficient (Wildman–Crippen LogP) is 8.40. The lowest BCUT2D eigenvalue weighted by molar-refractivity contribution is -0.276. The van der Waals surface area contributed by atoms with Crippen LogP contribution < -0.4 is 9.47 Å². The van der Waals surface area contributed by atoms with Crippen molar-refractivity contribution >= 4 is 10.8 Å². The number of benzene rings is 4. The van der Waals surface area contributed by atoms with Crippen molar-refractivity contribution in [2.24, 2.45) is 0 Å². The van der Waals surface area contributed by atoms with E-state index < -0.39 is 41.2 Å². The molecule has 0 heterocycles. The summed E-state index contributed by atoms with van der Waals surface area (Å²) in [4.78, 5) is 0. The molecule has 4 aromatic carbocycles. The minimum atomic E-state index is -5.25. The number of fused-ring (bicyclic) bond motifs is 1. The summed E-state index contributed by atoms with van der Waals surface area (Å²) in [7, 11) is 0. The minimum Gasteiger partial charge on any atom is -0.494 e. The molecule has 0 radical (unpaired) electrons. The van der Waals surface area contributed by atoms with Crippen LogP contribution in [0.4, 0.5) is 35.1 Å². The Morgan fingerprint density at radius 1 is 0.667 bits per heavy atom. The predicted molar refractivity (Wildman–Crippen MR) is 129 cm³/mol. The van der Waals surface area contributed by atoms with Gasteiger partial charge in [0.2, 0.25) is 5.75 Å². The van der Waals surface area contributed by atoms with Gasteiger partial charge < -0.3 is 9.47 Å². The molecule has 0 amide bonds. The van der Waals surface area contributed by atoms with Crippen LogP contribution >= 0.6 is 0 Å². The number of alkyl halides is 3. The van der Waals surface area contributed by atoms with Crippen molar-refractivity contribution in [3.8, 4) is 11.5 Å². The number of ether oxygens (including phenoxy) is 2. The van der Waals surface area contributed by atoms with Crippen molar-refractivity contribution in [3.63, 3.8) is 0 Å². The van der Waals surface area contributed by atoms with Crippen LogP contribution in [0.1, 0.15) is 29.2 Å². The monoisotopic (exact) mass is 554 g/mol. The molecule has 0 N–H and O–H groups in total. The highest BCUT2D eigenvalue weighted by atomic mass is 19.4. The lowest BCUT2D eigenvalue weighted by Gasteiger charge is -2.12. The molecule has 0 bridgehead atoms. The molecular formula is C29H22F8O2. The second-order valence-corrected chi connectivity index (χ2v) is 8.83. The summed E-state index contributed by atoms with van der Waals surface area (Å²) in [5.41, 5.74) is 0.925. The van der Waals surface area contributed by atoms with E-state index in [2.05, 4.69) is 4.74 Å². The molecule has 0 aliphatic rings. The van der Waals surface area contributed by atoms with Gasteiger partial charge in [-0.1, -0.05) is 30.3 Å². The SMILES string of the molecule is CCOc1cc(F)c(CCc2ccc3c(F)c(CCc4cc(F)c(OC(F)(F)F)c(F)c4)ccc3c2)c(F)c1. The van der Waals surface area contributed by atoms with Gasteiger partial charge in [0.25, 0.3) is 0 Å². The van der Waals surface area contributed by atoms with Crippen molar-refractivity contribution in [2.45, 2.75) is 39.0 Å². The van der Waals surface area contributed by atoms with Gasteiger partial charge in [-0.25, -0.2) is 22.0 Å². The molecule has 0 spiro atoms. The molecule has 0 atom stereocenters. The third kappa shape index (κ3) is 6.79. The Hall–Kier alpha value is -3.82. The molecule has 0 saturated carbocycles. The quantitative estimate of drug-likeness (QED) is 0.194. The molecule has 10 heteroatoms. The minimum absolute atomic E-state index is 0.0260. The van der Waals surface area contributed by atoms with Crippen LogP contribution in [0.3, 0.4) is 0 Å². The summed E-state index contributed by atoms with van der Waals surface area (Å²) in [5.74, 6) is -6.45. The van der Waals surface area contributed by atoms with E-state index in [-0.39, 0.29) is 53.7 Å². The Bertz CT molecular complexity index is 1450. The molecule has 4 aromatic rings. The first-order valence-electron chi connectivity index (χ1n) is 12.0. The molecule has 0 aliphatic carbocycles. The highest BCUT2D eigenvalue weighted by Gasteiger charge is 2.34. The fourth-order valence-electron chi connectivity index (χ4n) is 4.32. The Balaban J connectivity index is 1.46. The Morgan fingerprint density at radius 3 is 1.92 bits per heavy atom. The van der Waals surface area contributed by atoms with Crippen LogP contribution in [0.5, 0.6) is 11.5 Å². The van der Waals surface area contributed by atoms with Gasteiger partial charge in [0, 0.05) is 23.1 Å². The third-order valence-electron chi connectivity index (χ3n) is 6.15. The van der Waals surface area contributed by atoms with Crippen LogP contribution in [0.25, 0.3) is 10.8 Å². The van der Waals surface area contributed by atoms with Gasteiger partial charge in [0.1, 0.15) is 23.2 Å². The largest absolute Gasteiger partial charge is 0.573 e. The van der Waals surface area contributed by atoms with Gasteiger partial charge in [-0.05, 0) is 66.8 Å². The van der Waals surface area contributed by atoms with Crippen molar-refractivity contribution in [2.75, 3.05) is 6.61 Å². The molecule has 39 heavy (non-hydrogen) atoms. The Labute approximate surface area is 218 Å². The number of halogens is 8. The van der Waals surface area contributed by atoms with E-state index in [0.29, 0.717) is 23.9 Å². The van der Waals surface area contributed by atoms with E-state index in [9.17, 15) is 30.7 Å². The lowest BCUT2D eigenvalue weighted by Crippen LogP contribution is -2.19. The number of hydrogen-bond donors (Lipinski definition) is 0. The standard InChI is InChI=1S/C29H22F8O2/c1-2-38-20-14-23(30)22(24(31)15-20)10-5-16-4-9-21-19(11-16)8-7-18(27(21)34)6-3-17-12-25(32)28(26(33)13-17)39-29(35,36)37/h4,7-9,11-15H,2-3,5-6,10H2,1H3. The van der Waals surface area contributed by atoms with Crippen LogP contribution in [-0.4, -0.2) is 13.0 Å². The smallest absolute Gasteiger partial charge is 0.494 e. The highest BCUT2D eigenvalue weighted by Crippen LogP contribution is 2.30. The van der Waals surface area contributed by atoms with E-state index >= 15 is 4.39 Å². The van der Waals surface area contributed by atoms with Crippen LogP contribution in [0.15, 0.2) is 54.6 Å². The zero-order valence-electron chi connectivity index (χ0n) is 20.6. The van der Waals surface area contributed by atoms with Gasteiger partial charge in [-0.2, -0.15) is 0 Å². The molecular weight excluding hydrogens is 532 g/mol. The van der Waals surface area contributed by atoms with Gasteiger partial charge in [0.05, 0.1) is 6.61 Å². The van der Waals surface area contributed by atoms with Crippen molar-refractivity contribution in [1.29, 1.82) is 0 Å². The molecule has 206 valence electrons. The average Bonchev–Trinajstić information content (AvgIpc) is 2.85. The van der Waals surface area contributed by atoms with Gasteiger partial charge in [-0.3, -0.25) is 0 Å². The van der Waals surface area contributed by atoms with Gasteiger partial charge in [-0.15, -0.1) is 13.2 Å². The summed E-state index contributed by atoms with van der Waals surface area (Å²) in [6, 6.07) is 11.7. The van der Waals surface area contributed by atoms with Crippen molar-refractivity contribution < 1.29 is 44.6 Å². The highest BCUT2D eigenvalue weighted by molar-refractivity contribution is 5.84. The zero-order valence-corrected chi connectivity index (χ0v) is 20.6. The maximum absolute atomic E-state index is 15.2. The fourth-order valence-corrected chi connectivity index (χ4v) is 4.32. The maximum atomic E-state index is 15.2. The van der Waals surface area contributed by atoms with Crippen LogP contribution in [0, 0.1) is 29.1 Å². The Kier molecular flexibility index (Phi) is 8.32. The summed E-state index contributed by atoms with van der Waals surface area (Å²) < 4.78 is 117. The first-order valence-corrected chi connectivity index (χ1v) is 12.0. The second-order valence-electron chi connectivity index (χ2n) is 8.83. The second kappa shape index (κ2) is 11.5. The summed E-state index contributed by atoms with van der Waals surface area (Å²) >= 11 is 0. The van der Waals surface area contributed by atoms with E-state index in [1.54, 1.807) is 25.1 Å². The fraction of sp³-hybridized carbons (Fsp3) is 0.241. The molecule has 0 unspecified atom stereocenters. The average molecular weight is 554 g/mol. The first-order chi connectivity index (χ1) is 18.4. The normalized spacial score (nSPS) is 11.7. The first kappa shape index (κ1) is 28.2. The molecule has 0 aliphatic heterocycles. The van der Waals surface area contributed by atoms with Crippen molar-refractivity contribution in [3.05, 3.63) is 106 Å². The summed E-state index contributed by atoms with van der Waals surface area (Å²) in [6.07, 6.45) is -4.89. The van der Waals surface area contributed by atoms with E-state index in [1.165, 1.54) is 12.1 Å². The zero-order chi connectivity index (χ0) is 28.3. The molecule has 4 rings (SSSR count). The number of rotatable bonds is 9. The molecule has 0 fully saturated rings. The number of hydrogen-bond acceptors (Lipinski definition) is 2. The lowest BCUT2D eigenvalue weighted by atomic mass is 9.97. The summed E-state index contributed by atoms with van der Waals surface area (Å²) in [5, 5.41) is 0.827. The van der Waals surface area contributed by atoms with Gasteiger partial charge >= 0.3 is 6.36 Å². The van der Waals surface area contributed by atoms with Crippen molar-refractivity contribution in [1.82, 2.24) is 0 Å². The van der Waals surface area contributed by atoms with Crippen LogP contribution in [0.2, 0.25) is 0 Å². The topological polar surface area (TPSA) is 18.5 Å². The van der Waals surface area contributed by atoms with E-state index in [0.717, 1.165) is 17.7 Å². The molecule has 2 nitrogen and oxygen atoms in total. The number of aryl methyl sites for hydroxylation is 3. The molecule has 0 saturated heterocycles. The Morgan fingerprint density at radius 2 is 1.31 bits per heavy atom.